The number of aromatic hydroxyl groups is 1. The van der Waals surface area contributed by atoms with Crippen LogP contribution in [0.25, 0.3) is 0 Å². The topological polar surface area (TPSA) is 141 Å². The van der Waals surface area contributed by atoms with Gasteiger partial charge in [0.2, 0.25) is 11.8 Å². The van der Waals surface area contributed by atoms with E-state index in [9.17, 15) is 32.7 Å². The van der Waals surface area contributed by atoms with Crippen LogP contribution in [0.1, 0.15) is 35.4 Å². The summed E-state index contributed by atoms with van der Waals surface area (Å²) in [5, 5.41) is 15.7. The van der Waals surface area contributed by atoms with Gasteiger partial charge in [-0.25, -0.2) is 4.98 Å². The predicted octanol–water partition coefficient (Wildman–Crippen LogP) is 9.05. The van der Waals surface area contributed by atoms with Gasteiger partial charge in [0.1, 0.15) is 0 Å². The number of carbonyl (C=O) groups is 4. The molecule has 3 fully saturated rings. The number of pyridine rings is 1. The SMILES string of the molecule is COc1cccc(C2C3=CCC4C(=O)N(c5ccc(Nc6ccccc6)cc5)C(=O)C4C3CC3C(=O)N(Nc4ncc(C(F)(F)F)cc4Cl)C(=O)C32c2ccc(Cl)cc2)c1O. The third-order valence-electron chi connectivity index (χ3n) is 12.3. The van der Waals surface area contributed by atoms with Crippen molar-refractivity contribution >= 4 is 69.7 Å². The number of anilines is 4. The van der Waals surface area contributed by atoms with Crippen LogP contribution in [-0.4, -0.2) is 45.8 Å². The minimum atomic E-state index is -4.77. The lowest BCUT2D eigenvalue weighted by Crippen LogP contribution is -2.53. The number of ether oxygens (including phenoxy) is 1. The van der Waals surface area contributed by atoms with Crippen LogP contribution in [-0.2, 0) is 30.8 Å². The van der Waals surface area contributed by atoms with E-state index in [1.807, 2.05) is 36.4 Å². The summed E-state index contributed by atoms with van der Waals surface area (Å²) in [5.41, 5.74) is 2.66. The molecule has 0 radical (unpaired) electrons. The lowest BCUT2D eigenvalue weighted by atomic mass is 9.49. The molecule has 0 bridgehead atoms. The average Bonchev–Trinajstić information content (AvgIpc) is 3.62. The van der Waals surface area contributed by atoms with Gasteiger partial charge in [-0.3, -0.25) is 29.5 Å². The third kappa shape index (κ3) is 6.38. The monoisotopic (exact) mass is 867 g/mol. The van der Waals surface area contributed by atoms with Crippen LogP contribution in [0.4, 0.5) is 36.1 Å². The van der Waals surface area contributed by atoms with E-state index in [1.54, 1.807) is 60.7 Å². The number of amides is 4. The average molecular weight is 869 g/mol. The summed E-state index contributed by atoms with van der Waals surface area (Å²) in [6, 6.07) is 28.1. The Morgan fingerprint density at radius 1 is 0.852 bits per heavy atom. The highest BCUT2D eigenvalue weighted by atomic mass is 35.5. The number of imide groups is 2. The summed E-state index contributed by atoms with van der Waals surface area (Å²) in [6.45, 7) is 0. The molecule has 9 rings (SSSR count). The number of para-hydroxylation sites is 2. The van der Waals surface area contributed by atoms with Crippen LogP contribution in [0.15, 0.2) is 121 Å². The molecule has 2 aliphatic heterocycles. The summed E-state index contributed by atoms with van der Waals surface area (Å²) < 4.78 is 46.2. The number of rotatable bonds is 8. The lowest BCUT2D eigenvalue weighted by Gasteiger charge is -2.50. The number of halogens is 5. The molecule has 1 aromatic heterocycles. The quantitative estimate of drug-likeness (QED) is 0.103. The van der Waals surface area contributed by atoms with Gasteiger partial charge in [-0.1, -0.05) is 77.3 Å². The predicted molar refractivity (Wildman–Crippen MR) is 220 cm³/mol. The number of hydrazine groups is 1. The van der Waals surface area contributed by atoms with E-state index < -0.39 is 81.2 Å². The van der Waals surface area contributed by atoms with Gasteiger partial charge in [-0.15, -0.1) is 0 Å². The number of nitrogens with one attached hydrogen (secondary N) is 2. The van der Waals surface area contributed by atoms with Gasteiger partial charge in [0.15, 0.2) is 17.3 Å². The van der Waals surface area contributed by atoms with E-state index in [2.05, 4.69) is 15.7 Å². The van der Waals surface area contributed by atoms with Crippen LogP contribution < -0.4 is 20.4 Å². The maximum absolute atomic E-state index is 15.4. The van der Waals surface area contributed by atoms with Crippen molar-refractivity contribution in [2.24, 2.45) is 23.7 Å². The van der Waals surface area contributed by atoms with Gasteiger partial charge < -0.3 is 15.2 Å². The number of hydrogen-bond acceptors (Lipinski definition) is 9. The Hall–Kier alpha value is -6.38. The Kier molecular flexibility index (Phi) is 9.82. The van der Waals surface area contributed by atoms with Gasteiger partial charge in [-0.05, 0) is 85.0 Å². The number of allylic oxidation sites excluding steroid dienone is 2. The van der Waals surface area contributed by atoms with Crippen molar-refractivity contribution in [2.75, 3.05) is 22.8 Å². The summed E-state index contributed by atoms with van der Waals surface area (Å²) in [7, 11) is 1.36. The van der Waals surface area contributed by atoms with Crippen LogP contribution in [0.3, 0.4) is 0 Å². The number of aromatic nitrogens is 1. The smallest absolute Gasteiger partial charge is 0.417 e. The fourth-order valence-corrected chi connectivity index (χ4v) is 10.0. The minimum Gasteiger partial charge on any atom is -0.504 e. The molecule has 4 amide bonds. The van der Waals surface area contributed by atoms with Crippen molar-refractivity contribution in [3.8, 4) is 11.5 Å². The Balaban J connectivity index is 1.16. The molecule has 4 aromatic carbocycles. The number of phenols is 1. The molecule has 2 saturated heterocycles. The van der Waals surface area contributed by atoms with E-state index in [0.717, 1.165) is 11.4 Å². The first-order valence-corrected chi connectivity index (χ1v) is 20.0. The van der Waals surface area contributed by atoms with Gasteiger partial charge in [0.25, 0.3) is 11.8 Å². The molecular formula is C45H34Cl2F3N5O6. The molecule has 61 heavy (non-hydrogen) atoms. The lowest BCUT2D eigenvalue weighted by molar-refractivity contribution is -0.139. The normalized spacial score (nSPS) is 24.6. The van der Waals surface area contributed by atoms with Crippen LogP contribution in [0.5, 0.6) is 11.5 Å². The highest BCUT2D eigenvalue weighted by molar-refractivity contribution is 6.33. The second-order valence-electron chi connectivity index (χ2n) is 15.4. The van der Waals surface area contributed by atoms with Gasteiger partial charge in [0.05, 0.1) is 46.6 Å². The zero-order chi connectivity index (χ0) is 43.0. The zero-order valence-electron chi connectivity index (χ0n) is 32.0. The molecule has 6 unspecified atom stereocenters. The summed E-state index contributed by atoms with van der Waals surface area (Å²) >= 11 is 12.6. The van der Waals surface area contributed by atoms with Gasteiger partial charge >= 0.3 is 6.18 Å². The van der Waals surface area contributed by atoms with Gasteiger partial charge in [0, 0.05) is 34.1 Å². The van der Waals surface area contributed by atoms with E-state index >= 15 is 4.79 Å². The Morgan fingerprint density at radius 3 is 2.23 bits per heavy atom. The first-order valence-electron chi connectivity index (χ1n) is 19.2. The first-order chi connectivity index (χ1) is 29.2. The molecular weight excluding hydrogens is 834 g/mol. The van der Waals surface area contributed by atoms with Crippen molar-refractivity contribution in [1.82, 2.24) is 9.99 Å². The number of alkyl halides is 3. The summed E-state index contributed by atoms with van der Waals surface area (Å²) in [4.78, 5) is 64.4. The second-order valence-corrected chi connectivity index (χ2v) is 16.2. The van der Waals surface area contributed by atoms with Crippen molar-refractivity contribution in [3.63, 3.8) is 0 Å². The minimum absolute atomic E-state index is 0.0766. The van der Waals surface area contributed by atoms with E-state index in [0.29, 0.717) is 39.1 Å². The number of benzene rings is 4. The Morgan fingerprint density at radius 2 is 1.56 bits per heavy atom. The number of carbonyl (C=O) groups excluding carboxylic acids is 4. The highest BCUT2D eigenvalue weighted by Gasteiger charge is 2.71. The molecule has 16 heteroatoms. The summed E-state index contributed by atoms with van der Waals surface area (Å²) in [6.07, 6.45) is -2.40. The molecule has 6 atom stereocenters. The number of fused-ring (bicyclic) bond motifs is 4. The zero-order valence-corrected chi connectivity index (χ0v) is 33.5. The fraction of sp³-hybridized carbons (Fsp3) is 0.222. The van der Waals surface area contributed by atoms with E-state index in [-0.39, 0.29) is 29.9 Å². The number of hydrogen-bond donors (Lipinski definition) is 3. The van der Waals surface area contributed by atoms with Crippen LogP contribution >= 0.6 is 23.2 Å². The van der Waals surface area contributed by atoms with Crippen molar-refractivity contribution in [1.29, 1.82) is 0 Å². The largest absolute Gasteiger partial charge is 0.504 e. The van der Waals surface area contributed by atoms with Crippen molar-refractivity contribution < 1.29 is 42.2 Å². The molecule has 5 aromatic rings. The fourth-order valence-electron chi connectivity index (χ4n) is 9.70. The van der Waals surface area contributed by atoms with Gasteiger partial charge in [-0.2, -0.15) is 18.2 Å². The Bertz CT molecular complexity index is 2650. The highest BCUT2D eigenvalue weighted by Crippen LogP contribution is 2.65. The first kappa shape index (κ1) is 40.0. The van der Waals surface area contributed by atoms with Crippen molar-refractivity contribution in [2.45, 2.75) is 30.4 Å². The number of phenolic OH excluding ortho intramolecular Hbond substituents is 1. The maximum atomic E-state index is 15.4. The van der Waals surface area contributed by atoms with E-state index in [1.165, 1.54) is 18.1 Å². The molecule has 3 N–H and O–H groups in total. The third-order valence-corrected chi connectivity index (χ3v) is 12.8. The maximum Gasteiger partial charge on any atom is 0.417 e. The summed E-state index contributed by atoms with van der Waals surface area (Å²) in [5.74, 6) is -8.09. The number of nitrogens with zero attached hydrogens (tertiary/aromatic N) is 3. The number of methoxy groups -OCH3 is 1. The molecule has 3 heterocycles. The standard InChI is InChI=1S/C45H34Cl2F3N5O6/c1-61-35-9-5-8-31(38(35)56)37-29-18-19-30-36(42(59)54(40(30)57)28-16-14-27(15-17-28)52-26-6-3-2-4-7-26)32(29)21-33-41(58)55(43(60)44(33,37)23-10-12-25(46)13-11-23)53-39-34(47)20-24(22-51-39)45(48,49)50/h2-18,20,22,30,32-33,36-37,52,56H,19,21H2,1H3,(H,51,53). The van der Waals surface area contributed by atoms with E-state index in [4.69, 9.17) is 27.9 Å². The molecule has 310 valence electrons. The van der Waals surface area contributed by atoms with Crippen LogP contribution in [0, 0.1) is 23.7 Å². The molecule has 11 nitrogen and oxygen atoms in total. The Labute approximate surface area is 356 Å². The molecule has 4 aliphatic rings. The second kappa shape index (κ2) is 15.0. The molecule has 0 spiro atoms. The van der Waals surface area contributed by atoms with Crippen molar-refractivity contribution in [3.05, 3.63) is 148 Å². The molecule has 1 saturated carbocycles. The molecule has 2 aliphatic carbocycles. The van der Waals surface area contributed by atoms with Crippen LogP contribution in [0.2, 0.25) is 10.0 Å².